The molecule has 1 heterocycles. The van der Waals surface area contributed by atoms with E-state index in [1.807, 2.05) is 0 Å². The van der Waals surface area contributed by atoms with E-state index in [9.17, 15) is 5.11 Å². The summed E-state index contributed by atoms with van der Waals surface area (Å²) in [4.78, 5) is 2.56. The number of piperidine rings is 1. The zero-order chi connectivity index (χ0) is 13.6. The summed E-state index contributed by atoms with van der Waals surface area (Å²) in [5.74, 6) is 0. The van der Waals surface area contributed by atoms with Crippen molar-refractivity contribution < 1.29 is 5.11 Å². The van der Waals surface area contributed by atoms with E-state index >= 15 is 0 Å². The molecule has 0 radical (unpaired) electrons. The van der Waals surface area contributed by atoms with E-state index in [2.05, 4.69) is 37.9 Å². The Hall–Kier alpha value is -0.120. The normalized spacial score (nSPS) is 23.8. The molecule has 0 spiro atoms. The molecule has 1 aliphatic rings. The highest BCUT2D eigenvalue weighted by Crippen LogP contribution is 2.28. The van der Waals surface area contributed by atoms with Gasteiger partial charge in [0.1, 0.15) is 0 Å². The minimum atomic E-state index is -0.113. The first-order chi connectivity index (χ1) is 8.41. The predicted molar refractivity (Wildman–Crippen MR) is 77.9 cm³/mol. The van der Waals surface area contributed by atoms with Crippen LogP contribution in [-0.4, -0.2) is 48.3 Å². The van der Waals surface area contributed by atoms with Gasteiger partial charge < -0.3 is 15.3 Å². The molecule has 1 fully saturated rings. The standard InChI is InChI=1S/C15H32N2O/c1-5-9-16-15(4,13-18)8-11-17-10-6-7-14(2,3)12-17/h16,18H,5-13H2,1-4H3. The molecule has 18 heavy (non-hydrogen) atoms. The number of aliphatic hydroxyl groups is 1. The van der Waals surface area contributed by atoms with E-state index in [-0.39, 0.29) is 12.1 Å². The van der Waals surface area contributed by atoms with Gasteiger partial charge in [0.25, 0.3) is 0 Å². The van der Waals surface area contributed by atoms with Crippen LogP contribution in [0.25, 0.3) is 0 Å². The summed E-state index contributed by atoms with van der Waals surface area (Å²) in [5.41, 5.74) is 0.350. The van der Waals surface area contributed by atoms with Gasteiger partial charge in [-0.1, -0.05) is 20.8 Å². The van der Waals surface area contributed by atoms with Gasteiger partial charge in [-0.05, 0) is 57.7 Å². The second kappa shape index (κ2) is 6.88. The molecular weight excluding hydrogens is 224 g/mol. The topological polar surface area (TPSA) is 35.5 Å². The third-order valence-corrected chi connectivity index (χ3v) is 4.11. The van der Waals surface area contributed by atoms with Gasteiger partial charge in [-0.25, -0.2) is 0 Å². The highest BCUT2D eigenvalue weighted by atomic mass is 16.3. The van der Waals surface area contributed by atoms with Crippen LogP contribution in [0.2, 0.25) is 0 Å². The predicted octanol–water partition coefficient (Wildman–Crippen LogP) is 2.25. The molecule has 0 aromatic heterocycles. The van der Waals surface area contributed by atoms with E-state index < -0.39 is 0 Å². The Kier molecular flexibility index (Phi) is 6.09. The lowest BCUT2D eigenvalue weighted by molar-refractivity contribution is 0.0935. The van der Waals surface area contributed by atoms with Crippen LogP contribution in [0.3, 0.4) is 0 Å². The van der Waals surface area contributed by atoms with Gasteiger partial charge in [-0.15, -0.1) is 0 Å². The van der Waals surface area contributed by atoms with Gasteiger partial charge in [-0.2, -0.15) is 0 Å². The molecule has 3 heteroatoms. The first kappa shape index (κ1) is 15.9. The van der Waals surface area contributed by atoms with Crippen molar-refractivity contribution in [1.82, 2.24) is 10.2 Å². The fraction of sp³-hybridized carbons (Fsp3) is 1.00. The van der Waals surface area contributed by atoms with E-state index in [1.54, 1.807) is 0 Å². The Morgan fingerprint density at radius 1 is 1.39 bits per heavy atom. The van der Waals surface area contributed by atoms with E-state index in [1.165, 1.54) is 25.9 Å². The fourth-order valence-electron chi connectivity index (χ4n) is 2.79. The molecule has 1 saturated heterocycles. The number of rotatable bonds is 7. The number of likely N-dealkylation sites (tertiary alicyclic amines) is 1. The van der Waals surface area contributed by atoms with Crippen molar-refractivity contribution in [1.29, 1.82) is 0 Å². The summed E-state index contributed by atoms with van der Waals surface area (Å²) in [7, 11) is 0. The molecule has 0 aromatic rings. The fourth-order valence-corrected chi connectivity index (χ4v) is 2.79. The van der Waals surface area contributed by atoms with Crippen molar-refractivity contribution in [3.63, 3.8) is 0 Å². The minimum Gasteiger partial charge on any atom is -0.394 e. The van der Waals surface area contributed by atoms with Crippen LogP contribution >= 0.6 is 0 Å². The lowest BCUT2D eigenvalue weighted by Gasteiger charge is -2.40. The van der Waals surface area contributed by atoms with E-state index in [0.717, 1.165) is 25.9 Å². The molecule has 108 valence electrons. The van der Waals surface area contributed by atoms with Gasteiger partial charge in [-0.3, -0.25) is 0 Å². The first-order valence-corrected chi connectivity index (χ1v) is 7.49. The molecular formula is C15H32N2O. The molecule has 0 amide bonds. The van der Waals surface area contributed by atoms with E-state index in [0.29, 0.717) is 5.41 Å². The lowest BCUT2D eigenvalue weighted by Crippen LogP contribution is -2.49. The largest absolute Gasteiger partial charge is 0.394 e. The highest BCUT2D eigenvalue weighted by Gasteiger charge is 2.28. The zero-order valence-corrected chi connectivity index (χ0v) is 12.8. The summed E-state index contributed by atoms with van der Waals surface area (Å²) < 4.78 is 0. The molecule has 1 aliphatic heterocycles. The molecule has 0 bridgehead atoms. The molecule has 1 atom stereocenters. The molecule has 1 rings (SSSR count). The summed E-state index contributed by atoms with van der Waals surface area (Å²) in [6, 6.07) is 0. The van der Waals surface area contributed by atoms with Crippen molar-refractivity contribution in [2.45, 2.75) is 58.9 Å². The highest BCUT2D eigenvalue weighted by molar-refractivity contribution is 4.86. The second-order valence-corrected chi connectivity index (χ2v) is 6.94. The van der Waals surface area contributed by atoms with Crippen LogP contribution < -0.4 is 5.32 Å². The molecule has 1 unspecified atom stereocenters. The maximum Gasteiger partial charge on any atom is 0.0611 e. The van der Waals surface area contributed by atoms with Crippen LogP contribution in [0.5, 0.6) is 0 Å². The Morgan fingerprint density at radius 3 is 2.67 bits per heavy atom. The first-order valence-electron chi connectivity index (χ1n) is 7.49. The number of aliphatic hydroxyl groups excluding tert-OH is 1. The minimum absolute atomic E-state index is 0.113. The summed E-state index contributed by atoms with van der Waals surface area (Å²) in [6.07, 6.45) is 4.80. The number of hydrogen-bond donors (Lipinski definition) is 2. The quantitative estimate of drug-likeness (QED) is 0.733. The van der Waals surface area contributed by atoms with Gasteiger partial charge in [0.2, 0.25) is 0 Å². The van der Waals surface area contributed by atoms with Crippen molar-refractivity contribution in [2.75, 3.05) is 32.8 Å². The molecule has 0 saturated carbocycles. The second-order valence-electron chi connectivity index (χ2n) is 6.94. The van der Waals surface area contributed by atoms with Crippen molar-refractivity contribution in [3.8, 4) is 0 Å². The average Bonchev–Trinajstić information content (AvgIpc) is 2.33. The van der Waals surface area contributed by atoms with Gasteiger partial charge in [0, 0.05) is 12.1 Å². The van der Waals surface area contributed by atoms with Crippen LogP contribution in [0.15, 0.2) is 0 Å². The average molecular weight is 256 g/mol. The third kappa shape index (κ3) is 5.25. The van der Waals surface area contributed by atoms with Gasteiger partial charge in [0.15, 0.2) is 0 Å². The van der Waals surface area contributed by atoms with Crippen LogP contribution in [0.4, 0.5) is 0 Å². The van der Waals surface area contributed by atoms with Crippen molar-refractivity contribution >= 4 is 0 Å². The molecule has 0 aromatic carbocycles. The SMILES string of the molecule is CCCNC(C)(CO)CCN1CCCC(C)(C)C1. The Bertz CT molecular complexity index is 243. The zero-order valence-electron chi connectivity index (χ0n) is 12.8. The Balaban J connectivity index is 2.37. The van der Waals surface area contributed by atoms with Crippen LogP contribution in [-0.2, 0) is 0 Å². The summed E-state index contributed by atoms with van der Waals surface area (Å²) >= 11 is 0. The molecule has 0 aliphatic carbocycles. The Morgan fingerprint density at radius 2 is 2.11 bits per heavy atom. The lowest BCUT2D eigenvalue weighted by atomic mass is 9.84. The maximum absolute atomic E-state index is 9.56. The monoisotopic (exact) mass is 256 g/mol. The Labute approximate surface area is 113 Å². The van der Waals surface area contributed by atoms with Gasteiger partial charge in [0.05, 0.1) is 6.61 Å². The van der Waals surface area contributed by atoms with Crippen molar-refractivity contribution in [3.05, 3.63) is 0 Å². The molecule has 2 N–H and O–H groups in total. The molecule has 3 nitrogen and oxygen atoms in total. The van der Waals surface area contributed by atoms with Crippen LogP contribution in [0, 0.1) is 5.41 Å². The third-order valence-electron chi connectivity index (χ3n) is 4.11. The van der Waals surface area contributed by atoms with Gasteiger partial charge >= 0.3 is 0 Å². The number of hydrogen-bond acceptors (Lipinski definition) is 3. The number of nitrogens with one attached hydrogen (secondary N) is 1. The van der Waals surface area contributed by atoms with Crippen LogP contribution in [0.1, 0.15) is 53.4 Å². The summed E-state index contributed by atoms with van der Waals surface area (Å²) in [6.45, 7) is 13.8. The number of nitrogens with zero attached hydrogens (tertiary/aromatic N) is 1. The smallest absolute Gasteiger partial charge is 0.0611 e. The summed E-state index contributed by atoms with van der Waals surface area (Å²) in [5, 5.41) is 13.0. The van der Waals surface area contributed by atoms with Crippen molar-refractivity contribution in [2.24, 2.45) is 5.41 Å². The van der Waals surface area contributed by atoms with E-state index in [4.69, 9.17) is 0 Å². The maximum atomic E-state index is 9.56.